The van der Waals surface area contributed by atoms with Crippen LogP contribution in [0.2, 0.25) is 0 Å². The molecule has 0 bridgehead atoms. The maximum atomic E-state index is 12.3. The third-order valence-corrected chi connectivity index (χ3v) is 4.28. The number of carbonyl (C=O) groups is 2. The number of aromatic amines is 1. The van der Waals surface area contributed by atoms with Gasteiger partial charge in [-0.2, -0.15) is 0 Å². The fourth-order valence-electron chi connectivity index (χ4n) is 2.90. The van der Waals surface area contributed by atoms with Crippen LogP contribution in [0.15, 0.2) is 54.7 Å². The molecule has 0 aliphatic carbocycles. The van der Waals surface area contributed by atoms with Crippen LogP contribution in [0.25, 0.3) is 10.9 Å². The number of rotatable bonds is 4. The quantitative estimate of drug-likeness (QED) is 0.769. The van der Waals surface area contributed by atoms with Crippen LogP contribution < -0.4 is 10.2 Å². The summed E-state index contributed by atoms with van der Waals surface area (Å²) in [6.07, 6.45) is 1.53. The second kappa shape index (κ2) is 6.32. The lowest BCUT2D eigenvalue weighted by atomic mass is 10.1. The van der Waals surface area contributed by atoms with Gasteiger partial charge in [0.2, 0.25) is 0 Å². The molecule has 0 saturated carbocycles. The number of cyclic esters (lactones) is 1. The fraction of sp³-hybridized carbons (Fsp3) is 0.158. The predicted octanol–water partition coefficient (Wildman–Crippen LogP) is 3.05. The summed E-state index contributed by atoms with van der Waals surface area (Å²) in [7, 11) is 0. The Kier molecular flexibility index (Phi) is 3.85. The molecule has 1 aromatic heterocycles. The molecule has 126 valence electrons. The van der Waals surface area contributed by atoms with Crippen LogP contribution in [0.4, 0.5) is 10.5 Å². The smallest absolute Gasteiger partial charge is 0.414 e. The molecule has 25 heavy (non-hydrogen) atoms. The van der Waals surface area contributed by atoms with Crippen molar-refractivity contribution in [3.63, 3.8) is 0 Å². The topological polar surface area (TPSA) is 74.4 Å². The van der Waals surface area contributed by atoms with E-state index in [1.54, 1.807) is 4.90 Å². The number of fused-ring (bicyclic) bond motifs is 1. The molecule has 6 nitrogen and oxygen atoms in total. The van der Waals surface area contributed by atoms with Gasteiger partial charge in [0, 0.05) is 29.5 Å². The number of amides is 2. The number of aromatic nitrogens is 1. The molecule has 4 rings (SSSR count). The Morgan fingerprint density at radius 2 is 2.00 bits per heavy atom. The van der Waals surface area contributed by atoms with E-state index in [9.17, 15) is 9.59 Å². The first-order chi connectivity index (χ1) is 12.2. The van der Waals surface area contributed by atoms with Crippen LogP contribution in [0.1, 0.15) is 15.9 Å². The van der Waals surface area contributed by atoms with Crippen molar-refractivity contribution in [1.82, 2.24) is 10.3 Å². The van der Waals surface area contributed by atoms with Gasteiger partial charge in [0.15, 0.2) is 0 Å². The molecule has 0 unspecified atom stereocenters. The maximum absolute atomic E-state index is 12.3. The molecular weight excluding hydrogens is 318 g/mol. The predicted molar refractivity (Wildman–Crippen MR) is 94.6 cm³/mol. The number of nitrogens with zero attached hydrogens (tertiary/aromatic N) is 1. The molecule has 2 N–H and O–H groups in total. The number of carbonyl (C=O) groups excluding carboxylic acids is 2. The molecule has 1 aliphatic heterocycles. The highest BCUT2D eigenvalue weighted by molar-refractivity contribution is 5.97. The van der Waals surface area contributed by atoms with Crippen LogP contribution in [0, 0.1) is 0 Å². The molecule has 0 radical (unpaired) electrons. The minimum absolute atomic E-state index is 0.122. The normalized spacial score (nSPS) is 13.9. The number of nitrogens with one attached hydrogen (secondary N) is 2. The lowest BCUT2D eigenvalue weighted by Crippen LogP contribution is -2.24. The second-order valence-corrected chi connectivity index (χ2v) is 5.89. The van der Waals surface area contributed by atoms with Gasteiger partial charge in [-0.3, -0.25) is 9.69 Å². The molecule has 2 amide bonds. The van der Waals surface area contributed by atoms with Crippen molar-refractivity contribution >= 4 is 28.6 Å². The van der Waals surface area contributed by atoms with Crippen molar-refractivity contribution in [2.75, 3.05) is 18.1 Å². The summed E-state index contributed by atoms with van der Waals surface area (Å²) >= 11 is 0. The number of ether oxygens (including phenoxy) is 1. The Hall–Kier alpha value is -3.28. The summed E-state index contributed by atoms with van der Waals surface area (Å²) in [6.45, 7) is 1.41. The summed E-state index contributed by atoms with van der Waals surface area (Å²) in [6, 6.07) is 15.1. The van der Waals surface area contributed by atoms with E-state index in [1.807, 2.05) is 54.7 Å². The van der Waals surface area contributed by atoms with E-state index in [0.717, 1.165) is 22.2 Å². The van der Waals surface area contributed by atoms with Crippen LogP contribution >= 0.6 is 0 Å². The van der Waals surface area contributed by atoms with Crippen molar-refractivity contribution in [3.8, 4) is 0 Å². The van der Waals surface area contributed by atoms with Gasteiger partial charge < -0.3 is 15.0 Å². The average Bonchev–Trinajstić information content (AvgIpc) is 3.28. The van der Waals surface area contributed by atoms with Gasteiger partial charge >= 0.3 is 6.09 Å². The summed E-state index contributed by atoms with van der Waals surface area (Å²) in [5, 5.41) is 3.99. The molecule has 1 fully saturated rings. The number of hydrogen-bond donors (Lipinski definition) is 2. The maximum Gasteiger partial charge on any atom is 0.414 e. The molecule has 2 aromatic carbocycles. The highest BCUT2D eigenvalue weighted by Crippen LogP contribution is 2.19. The van der Waals surface area contributed by atoms with Crippen molar-refractivity contribution in [2.24, 2.45) is 0 Å². The van der Waals surface area contributed by atoms with Gasteiger partial charge in [-0.15, -0.1) is 0 Å². The first kappa shape index (κ1) is 15.3. The molecule has 0 atom stereocenters. The average molecular weight is 335 g/mol. The Morgan fingerprint density at radius 3 is 2.76 bits per heavy atom. The molecule has 2 heterocycles. The lowest BCUT2D eigenvalue weighted by Gasteiger charge is -2.13. The van der Waals surface area contributed by atoms with Gasteiger partial charge in [0.25, 0.3) is 5.91 Å². The highest BCUT2D eigenvalue weighted by atomic mass is 16.6. The SMILES string of the molecule is O=C(NCc1ccc(N2CCOC2=O)cc1)c1ccc2cc[nH]c2c1. The molecule has 6 heteroatoms. The van der Waals surface area contributed by atoms with Gasteiger partial charge in [-0.05, 0) is 41.3 Å². The fourth-order valence-corrected chi connectivity index (χ4v) is 2.90. The Balaban J connectivity index is 1.40. The lowest BCUT2D eigenvalue weighted by molar-refractivity contribution is 0.0951. The number of benzene rings is 2. The first-order valence-corrected chi connectivity index (χ1v) is 8.09. The largest absolute Gasteiger partial charge is 0.447 e. The zero-order valence-electron chi connectivity index (χ0n) is 13.5. The van der Waals surface area contributed by atoms with E-state index < -0.39 is 0 Å². The van der Waals surface area contributed by atoms with Gasteiger partial charge in [0.05, 0.1) is 6.54 Å². The van der Waals surface area contributed by atoms with Crippen LogP contribution in [-0.2, 0) is 11.3 Å². The summed E-state index contributed by atoms with van der Waals surface area (Å²) < 4.78 is 4.93. The van der Waals surface area contributed by atoms with E-state index in [2.05, 4.69) is 10.3 Å². The summed E-state index contributed by atoms with van der Waals surface area (Å²) in [5.74, 6) is -0.122. The van der Waals surface area contributed by atoms with Crippen LogP contribution in [0.3, 0.4) is 0 Å². The summed E-state index contributed by atoms with van der Waals surface area (Å²) in [5.41, 5.74) is 3.32. The third kappa shape index (κ3) is 3.06. The minimum atomic E-state index is -0.319. The number of H-pyrrole nitrogens is 1. The van der Waals surface area contributed by atoms with Gasteiger partial charge in [-0.25, -0.2) is 4.79 Å². The number of anilines is 1. The minimum Gasteiger partial charge on any atom is -0.447 e. The van der Waals surface area contributed by atoms with E-state index in [-0.39, 0.29) is 12.0 Å². The van der Waals surface area contributed by atoms with Crippen molar-refractivity contribution in [1.29, 1.82) is 0 Å². The van der Waals surface area contributed by atoms with Crippen LogP contribution in [-0.4, -0.2) is 30.1 Å². The van der Waals surface area contributed by atoms with Crippen molar-refractivity contribution in [3.05, 3.63) is 65.9 Å². The van der Waals surface area contributed by atoms with Crippen LogP contribution in [0.5, 0.6) is 0 Å². The third-order valence-electron chi connectivity index (χ3n) is 4.28. The summed E-state index contributed by atoms with van der Waals surface area (Å²) in [4.78, 5) is 28.6. The van der Waals surface area contributed by atoms with Gasteiger partial charge in [-0.1, -0.05) is 18.2 Å². The highest BCUT2D eigenvalue weighted by Gasteiger charge is 2.23. The molecule has 1 aliphatic rings. The Morgan fingerprint density at radius 1 is 1.16 bits per heavy atom. The van der Waals surface area contributed by atoms with E-state index in [0.29, 0.717) is 25.3 Å². The second-order valence-electron chi connectivity index (χ2n) is 5.89. The van der Waals surface area contributed by atoms with Gasteiger partial charge in [0.1, 0.15) is 6.61 Å². The first-order valence-electron chi connectivity index (χ1n) is 8.09. The standard InChI is InChI=1S/C19H17N3O3/c23-18(15-4-3-14-7-8-20-17(14)11-15)21-12-13-1-5-16(6-2-13)22-9-10-25-19(22)24/h1-8,11,20H,9-10,12H2,(H,21,23). The zero-order valence-corrected chi connectivity index (χ0v) is 13.5. The number of hydrogen-bond acceptors (Lipinski definition) is 3. The molecule has 0 spiro atoms. The Labute approximate surface area is 144 Å². The van der Waals surface area contributed by atoms with E-state index >= 15 is 0 Å². The Bertz CT molecular complexity index is 930. The van der Waals surface area contributed by atoms with E-state index in [4.69, 9.17) is 4.74 Å². The van der Waals surface area contributed by atoms with E-state index in [1.165, 1.54) is 0 Å². The van der Waals surface area contributed by atoms with Crippen molar-refractivity contribution < 1.29 is 14.3 Å². The van der Waals surface area contributed by atoms with Crippen molar-refractivity contribution in [2.45, 2.75) is 6.54 Å². The molecule has 1 saturated heterocycles. The molecular formula is C19H17N3O3. The monoisotopic (exact) mass is 335 g/mol. The molecule has 3 aromatic rings. The zero-order chi connectivity index (χ0) is 17.2.